The number of carboxylic acid groups (broad SMARTS) is 1. The number of hydrogen-bond donors (Lipinski definition) is 1. The molecule has 0 aromatic carbocycles. The van der Waals surface area contributed by atoms with Gasteiger partial charge in [-0.3, -0.25) is 0 Å². The zero-order valence-corrected chi connectivity index (χ0v) is 12.6. The number of aryl methyl sites for hydroxylation is 1. The van der Waals surface area contributed by atoms with E-state index in [-0.39, 0.29) is 10.6 Å². The zero-order chi connectivity index (χ0) is 14.9. The van der Waals surface area contributed by atoms with Gasteiger partial charge in [0, 0.05) is 26.3 Å². The van der Waals surface area contributed by atoms with E-state index in [1.807, 2.05) is 0 Å². The highest BCUT2D eigenvalue weighted by atomic mass is 32.2. The molecule has 0 saturated carbocycles. The van der Waals surface area contributed by atoms with Crippen LogP contribution in [0.1, 0.15) is 36.7 Å². The van der Waals surface area contributed by atoms with E-state index < -0.39 is 16.0 Å². The number of nitrogens with zero attached hydrogens (tertiary/aromatic N) is 2. The average Bonchev–Trinajstić information content (AvgIpc) is 2.96. The van der Waals surface area contributed by atoms with Gasteiger partial charge < -0.3 is 9.67 Å². The van der Waals surface area contributed by atoms with Crippen molar-refractivity contribution < 1.29 is 18.3 Å². The molecule has 0 radical (unpaired) electrons. The van der Waals surface area contributed by atoms with Crippen LogP contribution in [0.5, 0.6) is 0 Å². The molecule has 0 aliphatic carbocycles. The maximum atomic E-state index is 12.5. The van der Waals surface area contributed by atoms with Crippen molar-refractivity contribution >= 4 is 16.0 Å². The van der Waals surface area contributed by atoms with E-state index in [0.717, 1.165) is 19.3 Å². The summed E-state index contributed by atoms with van der Waals surface area (Å²) in [6.45, 7) is 3.14. The second-order valence-electron chi connectivity index (χ2n) is 5.28. The Morgan fingerprint density at radius 1 is 1.50 bits per heavy atom. The Kier molecular flexibility index (Phi) is 4.19. The van der Waals surface area contributed by atoms with E-state index in [1.165, 1.54) is 28.2 Å². The number of aromatic carboxylic acids is 1. The molecule has 1 aromatic heterocycles. The lowest BCUT2D eigenvalue weighted by Crippen LogP contribution is -2.28. The first-order valence-corrected chi connectivity index (χ1v) is 8.20. The first kappa shape index (κ1) is 15.1. The lowest BCUT2D eigenvalue weighted by atomic mass is 10.0. The third-order valence-corrected chi connectivity index (χ3v) is 5.61. The van der Waals surface area contributed by atoms with Crippen molar-refractivity contribution in [3.05, 3.63) is 18.0 Å². The third kappa shape index (κ3) is 2.73. The minimum Gasteiger partial charge on any atom is -0.477 e. The largest absolute Gasteiger partial charge is 0.477 e. The average molecular weight is 300 g/mol. The van der Waals surface area contributed by atoms with Crippen molar-refractivity contribution in [2.45, 2.75) is 31.1 Å². The summed E-state index contributed by atoms with van der Waals surface area (Å²) in [4.78, 5) is 11.1. The highest BCUT2D eigenvalue weighted by molar-refractivity contribution is 7.89. The van der Waals surface area contributed by atoms with Crippen molar-refractivity contribution in [2.24, 2.45) is 13.0 Å². The number of aromatic nitrogens is 1. The summed E-state index contributed by atoms with van der Waals surface area (Å²) in [5.41, 5.74) is -0.0205. The van der Waals surface area contributed by atoms with Crippen LogP contribution in [0.15, 0.2) is 17.2 Å². The Morgan fingerprint density at radius 2 is 2.20 bits per heavy atom. The minimum absolute atomic E-state index is 0.0205. The van der Waals surface area contributed by atoms with Gasteiger partial charge in [0.25, 0.3) is 0 Å². The van der Waals surface area contributed by atoms with Gasteiger partial charge in [0.15, 0.2) is 0 Å². The molecule has 0 amide bonds. The molecule has 1 N–H and O–H groups in total. The quantitative estimate of drug-likeness (QED) is 0.894. The molecule has 6 nitrogen and oxygen atoms in total. The molecule has 1 atom stereocenters. The molecular formula is C13H20N2O4S. The third-order valence-electron chi connectivity index (χ3n) is 3.78. The standard InChI is InChI=1S/C13H20N2O4S/c1-3-4-10-5-6-15(8-10)20(18,19)11-7-12(13(16)17)14(2)9-11/h7,9-10H,3-6,8H2,1-2H3,(H,16,17). The molecule has 0 bridgehead atoms. The SMILES string of the molecule is CCCC1CCN(S(=O)(=O)c2cc(C(=O)O)n(C)c2)C1. The number of sulfonamides is 1. The minimum atomic E-state index is -3.58. The van der Waals surface area contributed by atoms with E-state index in [2.05, 4.69) is 6.92 Å². The molecule has 2 rings (SSSR count). The van der Waals surface area contributed by atoms with Crippen molar-refractivity contribution in [1.82, 2.24) is 8.87 Å². The molecule has 2 heterocycles. The predicted molar refractivity (Wildman–Crippen MR) is 74.1 cm³/mol. The Labute approximate surface area is 119 Å². The Hall–Kier alpha value is -1.34. The number of rotatable bonds is 5. The van der Waals surface area contributed by atoms with Crippen LogP contribution in [0.4, 0.5) is 0 Å². The Balaban J connectivity index is 2.23. The molecule has 0 spiro atoms. The van der Waals surface area contributed by atoms with Crippen LogP contribution in [0.25, 0.3) is 0 Å². The van der Waals surface area contributed by atoms with Crippen LogP contribution in [-0.2, 0) is 17.1 Å². The van der Waals surface area contributed by atoms with Gasteiger partial charge in [-0.2, -0.15) is 4.31 Å². The second kappa shape index (κ2) is 5.57. The van der Waals surface area contributed by atoms with Gasteiger partial charge in [0.1, 0.15) is 10.6 Å². The molecule has 7 heteroatoms. The zero-order valence-electron chi connectivity index (χ0n) is 11.7. The van der Waals surface area contributed by atoms with Crippen LogP contribution in [0.3, 0.4) is 0 Å². The first-order valence-electron chi connectivity index (χ1n) is 6.76. The Morgan fingerprint density at radius 3 is 2.75 bits per heavy atom. The van der Waals surface area contributed by atoms with E-state index in [0.29, 0.717) is 19.0 Å². The highest BCUT2D eigenvalue weighted by Gasteiger charge is 2.33. The van der Waals surface area contributed by atoms with Gasteiger partial charge in [-0.1, -0.05) is 13.3 Å². The monoisotopic (exact) mass is 300 g/mol. The normalized spacial score (nSPS) is 20.4. The summed E-state index contributed by atoms with van der Waals surface area (Å²) < 4.78 is 27.8. The summed E-state index contributed by atoms with van der Waals surface area (Å²) in [6, 6.07) is 1.23. The molecule has 1 aliphatic rings. The predicted octanol–water partition coefficient (Wildman–Crippen LogP) is 1.53. The number of hydrogen-bond acceptors (Lipinski definition) is 3. The summed E-state index contributed by atoms with van der Waals surface area (Å²) >= 11 is 0. The van der Waals surface area contributed by atoms with Crippen LogP contribution < -0.4 is 0 Å². The molecule has 1 aromatic rings. The molecule has 1 fully saturated rings. The maximum Gasteiger partial charge on any atom is 0.352 e. The first-order chi connectivity index (χ1) is 9.36. The molecular weight excluding hydrogens is 280 g/mol. The Bertz CT molecular complexity index is 606. The molecule has 1 unspecified atom stereocenters. The number of carbonyl (C=O) groups is 1. The van der Waals surface area contributed by atoms with Crippen LogP contribution in [0.2, 0.25) is 0 Å². The fraction of sp³-hybridized carbons (Fsp3) is 0.615. The topological polar surface area (TPSA) is 79.6 Å². The second-order valence-corrected chi connectivity index (χ2v) is 7.22. The fourth-order valence-electron chi connectivity index (χ4n) is 2.70. The van der Waals surface area contributed by atoms with E-state index >= 15 is 0 Å². The molecule has 1 saturated heterocycles. The lowest BCUT2D eigenvalue weighted by Gasteiger charge is -2.15. The smallest absolute Gasteiger partial charge is 0.352 e. The van der Waals surface area contributed by atoms with E-state index in [4.69, 9.17) is 5.11 Å². The molecule has 20 heavy (non-hydrogen) atoms. The maximum absolute atomic E-state index is 12.5. The van der Waals surface area contributed by atoms with Crippen LogP contribution in [0, 0.1) is 5.92 Å². The summed E-state index contributed by atoms with van der Waals surface area (Å²) in [6.07, 6.45) is 4.33. The summed E-state index contributed by atoms with van der Waals surface area (Å²) in [7, 11) is -2.04. The van der Waals surface area contributed by atoms with Gasteiger partial charge in [0.2, 0.25) is 10.0 Å². The molecule has 112 valence electrons. The van der Waals surface area contributed by atoms with Crippen molar-refractivity contribution in [2.75, 3.05) is 13.1 Å². The van der Waals surface area contributed by atoms with E-state index in [1.54, 1.807) is 0 Å². The van der Waals surface area contributed by atoms with Crippen molar-refractivity contribution in [3.63, 3.8) is 0 Å². The van der Waals surface area contributed by atoms with Crippen molar-refractivity contribution in [1.29, 1.82) is 0 Å². The number of carboxylic acids is 1. The fourth-order valence-corrected chi connectivity index (χ4v) is 4.30. The van der Waals surface area contributed by atoms with E-state index in [9.17, 15) is 13.2 Å². The van der Waals surface area contributed by atoms with Gasteiger partial charge in [0.05, 0.1) is 0 Å². The lowest BCUT2D eigenvalue weighted by molar-refractivity contribution is 0.0686. The van der Waals surface area contributed by atoms with Gasteiger partial charge in [-0.25, -0.2) is 13.2 Å². The van der Waals surface area contributed by atoms with Crippen molar-refractivity contribution in [3.8, 4) is 0 Å². The molecule has 1 aliphatic heterocycles. The summed E-state index contributed by atoms with van der Waals surface area (Å²) in [5, 5.41) is 8.99. The van der Waals surface area contributed by atoms with Gasteiger partial charge in [-0.15, -0.1) is 0 Å². The van der Waals surface area contributed by atoms with Gasteiger partial charge in [-0.05, 0) is 24.8 Å². The van der Waals surface area contributed by atoms with Crippen LogP contribution in [-0.4, -0.2) is 41.5 Å². The van der Waals surface area contributed by atoms with Gasteiger partial charge >= 0.3 is 5.97 Å². The highest BCUT2D eigenvalue weighted by Crippen LogP contribution is 2.27. The van der Waals surface area contributed by atoms with Crippen LogP contribution >= 0.6 is 0 Å². The summed E-state index contributed by atoms with van der Waals surface area (Å²) in [5.74, 6) is -0.711.